The molecule has 0 aliphatic heterocycles. The largest absolute Gasteiger partial charge is 0.494 e. The Labute approximate surface area is 160 Å². The van der Waals surface area contributed by atoms with Gasteiger partial charge in [0.25, 0.3) is 5.56 Å². The molecular weight excluding hydrogens is 363 g/mol. The van der Waals surface area contributed by atoms with Gasteiger partial charge in [-0.25, -0.2) is 4.39 Å². The van der Waals surface area contributed by atoms with Crippen LogP contribution in [-0.2, 0) is 6.54 Å². The van der Waals surface area contributed by atoms with Crippen molar-refractivity contribution in [3.05, 3.63) is 62.4 Å². The van der Waals surface area contributed by atoms with E-state index in [1.807, 2.05) is 13.0 Å². The maximum atomic E-state index is 13.6. The summed E-state index contributed by atoms with van der Waals surface area (Å²) in [6.45, 7) is 5.16. The third-order valence-corrected chi connectivity index (χ3v) is 4.87. The minimum Gasteiger partial charge on any atom is -0.494 e. The average Bonchev–Trinajstić information content (AvgIpc) is 2.98. The van der Waals surface area contributed by atoms with Crippen molar-refractivity contribution in [3.8, 4) is 11.9 Å². The van der Waals surface area contributed by atoms with Gasteiger partial charge in [0.15, 0.2) is 5.76 Å². The Morgan fingerprint density at radius 3 is 2.68 bits per heavy atom. The van der Waals surface area contributed by atoms with Crippen molar-refractivity contribution in [1.82, 2.24) is 4.57 Å². The average molecular weight is 382 g/mol. The van der Waals surface area contributed by atoms with Gasteiger partial charge >= 0.3 is 0 Å². The molecule has 0 amide bonds. The number of benzene rings is 1. The van der Waals surface area contributed by atoms with E-state index in [1.165, 1.54) is 25.1 Å². The highest BCUT2D eigenvalue weighted by atomic mass is 19.1. The van der Waals surface area contributed by atoms with E-state index in [0.717, 1.165) is 11.0 Å². The molecule has 6 nitrogen and oxygen atoms in total. The van der Waals surface area contributed by atoms with Crippen LogP contribution in [0.25, 0.3) is 11.0 Å². The molecule has 0 saturated carbocycles. The lowest BCUT2D eigenvalue weighted by Gasteiger charge is -2.14. The molecule has 2 heterocycles. The number of rotatable bonds is 5. The van der Waals surface area contributed by atoms with E-state index in [9.17, 15) is 24.3 Å². The van der Waals surface area contributed by atoms with Crippen LogP contribution >= 0.6 is 0 Å². The van der Waals surface area contributed by atoms with Crippen molar-refractivity contribution < 1.29 is 18.7 Å². The summed E-state index contributed by atoms with van der Waals surface area (Å²) >= 11 is 0. The molecule has 3 rings (SSSR count). The fraction of sp³-hybridized carbons (Fsp3) is 0.286. The number of unbranched alkanes of at least 4 members (excludes halogenated alkanes) is 1. The van der Waals surface area contributed by atoms with Crippen LogP contribution in [0.4, 0.5) is 4.39 Å². The minimum atomic E-state index is -0.661. The molecule has 0 aliphatic carbocycles. The molecule has 3 aromatic rings. The molecule has 28 heavy (non-hydrogen) atoms. The van der Waals surface area contributed by atoms with Crippen molar-refractivity contribution in [2.75, 3.05) is 0 Å². The predicted octanol–water partition coefficient (Wildman–Crippen LogP) is 3.96. The topological polar surface area (TPSA) is 96.2 Å². The van der Waals surface area contributed by atoms with Gasteiger partial charge in [-0.05, 0) is 44.0 Å². The van der Waals surface area contributed by atoms with E-state index in [-0.39, 0.29) is 29.0 Å². The first kappa shape index (κ1) is 19.4. The number of pyridine rings is 1. The number of halogens is 1. The zero-order valence-electron chi connectivity index (χ0n) is 15.8. The number of aromatic nitrogens is 1. The van der Waals surface area contributed by atoms with Crippen molar-refractivity contribution in [3.63, 3.8) is 0 Å². The molecule has 144 valence electrons. The number of furan rings is 1. The Balaban J connectivity index is 2.26. The second kappa shape index (κ2) is 7.31. The van der Waals surface area contributed by atoms with Gasteiger partial charge in [-0.1, -0.05) is 13.3 Å². The number of hydrogen-bond donors (Lipinski definition) is 1. The summed E-state index contributed by atoms with van der Waals surface area (Å²) in [7, 11) is 0. The van der Waals surface area contributed by atoms with Crippen LogP contribution < -0.4 is 5.56 Å². The molecule has 0 unspecified atom stereocenters. The molecule has 0 atom stereocenters. The summed E-state index contributed by atoms with van der Waals surface area (Å²) in [5, 5.41) is 20.5. The van der Waals surface area contributed by atoms with Gasteiger partial charge in [-0.2, -0.15) is 5.26 Å². The van der Waals surface area contributed by atoms with E-state index in [2.05, 4.69) is 0 Å². The van der Waals surface area contributed by atoms with E-state index < -0.39 is 23.0 Å². The van der Waals surface area contributed by atoms with Crippen molar-refractivity contribution in [2.45, 2.75) is 40.2 Å². The van der Waals surface area contributed by atoms with Crippen LogP contribution in [0.15, 0.2) is 27.4 Å². The molecule has 0 aliphatic rings. The number of ketones is 1. The van der Waals surface area contributed by atoms with Crippen LogP contribution in [0.5, 0.6) is 5.88 Å². The predicted molar refractivity (Wildman–Crippen MR) is 101 cm³/mol. The van der Waals surface area contributed by atoms with Gasteiger partial charge in [-0.3, -0.25) is 14.2 Å². The minimum absolute atomic E-state index is 0.0661. The molecule has 0 fully saturated rings. The number of hydrogen-bond acceptors (Lipinski definition) is 5. The van der Waals surface area contributed by atoms with Crippen LogP contribution in [-0.4, -0.2) is 15.5 Å². The number of aryl methyl sites for hydroxylation is 1. The fourth-order valence-electron chi connectivity index (χ4n) is 3.27. The van der Waals surface area contributed by atoms with E-state index >= 15 is 0 Å². The van der Waals surface area contributed by atoms with Crippen molar-refractivity contribution >= 4 is 16.8 Å². The number of fused-ring (bicyclic) bond motifs is 1. The fourth-order valence-corrected chi connectivity index (χ4v) is 3.27. The quantitative estimate of drug-likeness (QED) is 0.674. The van der Waals surface area contributed by atoms with Gasteiger partial charge in [0.2, 0.25) is 11.7 Å². The summed E-state index contributed by atoms with van der Waals surface area (Å²) in [5.41, 5.74) is -0.144. The van der Waals surface area contributed by atoms with Gasteiger partial charge < -0.3 is 9.52 Å². The van der Waals surface area contributed by atoms with Crippen LogP contribution in [0.2, 0.25) is 0 Å². The van der Waals surface area contributed by atoms with Crippen LogP contribution in [0, 0.1) is 31.0 Å². The number of nitrogens with zero attached hydrogens (tertiary/aromatic N) is 2. The molecule has 0 bridgehead atoms. The molecule has 1 aromatic carbocycles. The van der Waals surface area contributed by atoms with Gasteiger partial charge in [0.05, 0.1) is 5.56 Å². The van der Waals surface area contributed by atoms with Gasteiger partial charge in [-0.15, -0.1) is 0 Å². The Morgan fingerprint density at radius 2 is 2.04 bits per heavy atom. The highest BCUT2D eigenvalue weighted by Crippen LogP contribution is 2.31. The zero-order valence-corrected chi connectivity index (χ0v) is 15.8. The number of nitriles is 1. The first-order valence-electron chi connectivity index (χ1n) is 8.91. The third kappa shape index (κ3) is 2.97. The van der Waals surface area contributed by atoms with E-state index in [0.29, 0.717) is 23.0 Å². The molecule has 7 heteroatoms. The lowest BCUT2D eigenvalue weighted by Crippen LogP contribution is -2.27. The van der Waals surface area contributed by atoms with Crippen molar-refractivity contribution in [2.24, 2.45) is 0 Å². The summed E-state index contributed by atoms with van der Waals surface area (Å²) in [6.07, 6.45) is 1.36. The Morgan fingerprint density at radius 1 is 1.32 bits per heavy atom. The molecule has 0 spiro atoms. The highest BCUT2D eigenvalue weighted by molar-refractivity contribution is 6.12. The van der Waals surface area contributed by atoms with Gasteiger partial charge in [0.1, 0.15) is 23.0 Å². The molecule has 2 aromatic heterocycles. The molecule has 0 saturated heterocycles. The second-order valence-electron chi connectivity index (χ2n) is 6.65. The summed E-state index contributed by atoms with van der Waals surface area (Å²) in [6, 6.07) is 5.73. The Kier molecular flexibility index (Phi) is 5.06. The normalized spacial score (nSPS) is 11.0. The third-order valence-electron chi connectivity index (χ3n) is 4.87. The second-order valence-corrected chi connectivity index (χ2v) is 6.65. The van der Waals surface area contributed by atoms with E-state index in [4.69, 9.17) is 4.42 Å². The Hall–Kier alpha value is -3.40. The number of carbonyl (C=O) groups is 1. The van der Waals surface area contributed by atoms with Crippen LogP contribution in [0.3, 0.4) is 0 Å². The maximum absolute atomic E-state index is 13.6. The Bertz CT molecular complexity index is 1200. The number of carbonyl (C=O) groups excluding carboxylic acids is 1. The van der Waals surface area contributed by atoms with Crippen LogP contribution in [0.1, 0.15) is 52.6 Å². The lowest BCUT2D eigenvalue weighted by atomic mass is 9.98. The monoisotopic (exact) mass is 382 g/mol. The molecule has 0 radical (unpaired) electrons. The SMILES string of the molecule is CCCCn1c(O)c(C(=O)c2oc3ccc(F)cc3c2C)c(C)c(C#N)c1=O. The van der Waals surface area contributed by atoms with Gasteiger partial charge in [0, 0.05) is 17.5 Å². The summed E-state index contributed by atoms with van der Waals surface area (Å²) in [5.74, 6) is -1.69. The highest BCUT2D eigenvalue weighted by Gasteiger charge is 2.28. The lowest BCUT2D eigenvalue weighted by molar-refractivity contribution is 0.100. The molecule has 1 N–H and O–H groups in total. The summed E-state index contributed by atoms with van der Waals surface area (Å²) in [4.78, 5) is 25.7. The zero-order chi connectivity index (χ0) is 20.6. The smallest absolute Gasteiger partial charge is 0.271 e. The summed E-state index contributed by atoms with van der Waals surface area (Å²) < 4.78 is 20.2. The first-order valence-corrected chi connectivity index (χ1v) is 8.91. The van der Waals surface area contributed by atoms with Crippen molar-refractivity contribution in [1.29, 1.82) is 5.26 Å². The standard InChI is InChI=1S/C21H19FN2O4/c1-4-5-8-24-20(26)15(10-23)11(2)17(21(24)27)18(25)19-12(3)14-9-13(22)6-7-16(14)28-19/h6-7,9,27H,4-5,8H2,1-3H3. The number of aromatic hydroxyl groups is 1. The van der Waals surface area contributed by atoms with E-state index in [1.54, 1.807) is 6.92 Å². The maximum Gasteiger partial charge on any atom is 0.271 e. The first-order chi connectivity index (χ1) is 13.3. The molecular formula is C21H19FN2O4.